The van der Waals surface area contributed by atoms with Crippen LogP contribution in [0.5, 0.6) is 5.75 Å². The largest absolute Gasteiger partial charge is 0.493 e. The maximum Gasteiger partial charge on any atom is 0.159 e. The van der Waals surface area contributed by atoms with E-state index in [9.17, 15) is 0 Å². The van der Waals surface area contributed by atoms with Gasteiger partial charge >= 0.3 is 0 Å². The Morgan fingerprint density at radius 1 is 1.33 bits per heavy atom. The molecular formula is C14H17NOS2. The minimum Gasteiger partial charge on any atom is -0.493 e. The molecule has 0 radical (unpaired) electrons. The van der Waals surface area contributed by atoms with Crippen LogP contribution in [0, 0.1) is 10.9 Å². The van der Waals surface area contributed by atoms with E-state index < -0.39 is 0 Å². The lowest BCUT2D eigenvalue weighted by atomic mass is 10.1. The normalized spacial score (nSPS) is 10.6. The standard InChI is InChI=1S/C14H17NOS2/c1-4-12-13(15-14(17)18-12)10-8-9(3)6-7-11(10)16-5-2/h6-8H,4-5H2,1-3H3,(H,15,17). The third kappa shape index (κ3) is 2.65. The summed E-state index contributed by atoms with van der Waals surface area (Å²) in [6.07, 6.45) is 0.979. The lowest BCUT2D eigenvalue weighted by Gasteiger charge is -2.11. The zero-order valence-corrected chi connectivity index (χ0v) is 12.5. The molecule has 0 atom stereocenters. The van der Waals surface area contributed by atoms with E-state index in [4.69, 9.17) is 17.0 Å². The van der Waals surface area contributed by atoms with Gasteiger partial charge in [0.1, 0.15) is 5.75 Å². The van der Waals surface area contributed by atoms with Crippen LogP contribution in [0.15, 0.2) is 18.2 Å². The average Bonchev–Trinajstić information content (AvgIpc) is 2.73. The van der Waals surface area contributed by atoms with Gasteiger partial charge < -0.3 is 9.72 Å². The summed E-state index contributed by atoms with van der Waals surface area (Å²) < 4.78 is 6.53. The molecule has 2 nitrogen and oxygen atoms in total. The van der Waals surface area contributed by atoms with Crippen LogP contribution in [0.3, 0.4) is 0 Å². The van der Waals surface area contributed by atoms with Gasteiger partial charge in [0.2, 0.25) is 0 Å². The summed E-state index contributed by atoms with van der Waals surface area (Å²) in [5, 5.41) is 0. The summed E-state index contributed by atoms with van der Waals surface area (Å²) in [6.45, 7) is 6.91. The Balaban J connectivity index is 2.60. The number of hydrogen-bond acceptors (Lipinski definition) is 3. The molecule has 4 heteroatoms. The summed E-state index contributed by atoms with van der Waals surface area (Å²) in [4.78, 5) is 4.58. The van der Waals surface area contributed by atoms with Crippen LogP contribution in [0.25, 0.3) is 11.3 Å². The predicted octanol–water partition coefficient (Wildman–Crippen LogP) is 4.74. The molecule has 2 aromatic rings. The molecule has 0 bridgehead atoms. The molecule has 1 N–H and O–H groups in total. The van der Waals surface area contributed by atoms with Gasteiger partial charge in [0.15, 0.2) is 3.95 Å². The van der Waals surface area contributed by atoms with Crippen molar-refractivity contribution < 1.29 is 4.74 Å². The van der Waals surface area contributed by atoms with Crippen LogP contribution in [0.4, 0.5) is 0 Å². The molecule has 0 amide bonds. The Morgan fingerprint density at radius 2 is 2.11 bits per heavy atom. The SMILES string of the molecule is CCOc1ccc(C)cc1-c1[nH]c(=S)sc1CC. The average molecular weight is 279 g/mol. The Hall–Kier alpha value is -1.13. The number of thiazole rings is 1. The summed E-state index contributed by atoms with van der Waals surface area (Å²) in [5.74, 6) is 0.918. The number of aryl methyl sites for hydroxylation is 2. The minimum absolute atomic E-state index is 0.669. The molecule has 18 heavy (non-hydrogen) atoms. The van der Waals surface area contributed by atoms with Crippen molar-refractivity contribution in [2.45, 2.75) is 27.2 Å². The van der Waals surface area contributed by atoms with Gasteiger partial charge in [-0.2, -0.15) is 0 Å². The second-order valence-corrected chi connectivity index (χ2v) is 5.87. The maximum atomic E-state index is 5.71. The molecule has 96 valence electrons. The maximum absolute atomic E-state index is 5.71. The van der Waals surface area contributed by atoms with Crippen LogP contribution in [-0.2, 0) is 6.42 Å². The lowest BCUT2D eigenvalue weighted by Crippen LogP contribution is -1.96. The third-order valence-corrected chi connectivity index (χ3v) is 4.13. The molecule has 0 spiro atoms. The first-order chi connectivity index (χ1) is 8.65. The fourth-order valence-electron chi connectivity index (χ4n) is 1.95. The van der Waals surface area contributed by atoms with E-state index in [1.165, 1.54) is 10.4 Å². The minimum atomic E-state index is 0.669. The molecule has 2 rings (SSSR count). The van der Waals surface area contributed by atoms with Crippen LogP contribution in [-0.4, -0.2) is 11.6 Å². The van der Waals surface area contributed by atoms with Crippen LogP contribution >= 0.6 is 23.6 Å². The Bertz CT molecular complexity index is 598. The number of ether oxygens (including phenoxy) is 1. The molecule has 0 saturated carbocycles. The van der Waals surface area contributed by atoms with Gasteiger partial charge in [-0.3, -0.25) is 0 Å². The number of H-pyrrole nitrogens is 1. The second-order valence-electron chi connectivity index (χ2n) is 4.10. The van der Waals surface area contributed by atoms with Gasteiger partial charge in [-0.05, 0) is 44.6 Å². The molecule has 0 fully saturated rings. The van der Waals surface area contributed by atoms with Crippen molar-refractivity contribution in [1.82, 2.24) is 4.98 Å². The first-order valence-electron chi connectivity index (χ1n) is 6.11. The second kappa shape index (κ2) is 5.67. The molecule has 0 aliphatic carbocycles. The number of hydrogen-bond donors (Lipinski definition) is 1. The van der Waals surface area contributed by atoms with E-state index in [0.29, 0.717) is 6.61 Å². The molecule has 0 unspecified atom stereocenters. The summed E-state index contributed by atoms with van der Waals surface area (Å²) in [5.41, 5.74) is 3.45. The smallest absolute Gasteiger partial charge is 0.159 e. The van der Waals surface area contributed by atoms with Crippen LogP contribution in [0.1, 0.15) is 24.3 Å². The zero-order chi connectivity index (χ0) is 13.1. The van der Waals surface area contributed by atoms with E-state index in [2.05, 4.69) is 31.0 Å². The van der Waals surface area contributed by atoms with E-state index in [1.807, 2.05) is 13.0 Å². The molecule has 0 saturated heterocycles. The quantitative estimate of drug-likeness (QED) is 0.818. The first-order valence-corrected chi connectivity index (χ1v) is 7.34. The highest BCUT2D eigenvalue weighted by Crippen LogP contribution is 2.34. The van der Waals surface area contributed by atoms with Crippen LogP contribution in [0.2, 0.25) is 0 Å². The van der Waals surface area contributed by atoms with E-state index in [0.717, 1.165) is 27.4 Å². The van der Waals surface area contributed by atoms with Crippen molar-refractivity contribution >= 4 is 23.6 Å². The summed E-state index contributed by atoms with van der Waals surface area (Å²) in [6, 6.07) is 6.25. The van der Waals surface area contributed by atoms with Crippen molar-refractivity contribution in [1.29, 1.82) is 0 Å². The van der Waals surface area contributed by atoms with Crippen molar-refractivity contribution in [3.05, 3.63) is 32.6 Å². The molecular weight excluding hydrogens is 262 g/mol. The van der Waals surface area contributed by atoms with E-state index in [-0.39, 0.29) is 0 Å². The highest BCUT2D eigenvalue weighted by molar-refractivity contribution is 7.73. The Kier molecular flexibility index (Phi) is 4.19. The van der Waals surface area contributed by atoms with E-state index >= 15 is 0 Å². The number of aromatic nitrogens is 1. The molecule has 0 aliphatic rings. The highest BCUT2D eigenvalue weighted by atomic mass is 32.1. The van der Waals surface area contributed by atoms with Gasteiger partial charge in [-0.1, -0.05) is 18.6 Å². The summed E-state index contributed by atoms with van der Waals surface area (Å²) in [7, 11) is 0. The molecule has 1 aromatic heterocycles. The zero-order valence-electron chi connectivity index (χ0n) is 10.9. The number of benzene rings is 1. The fraction of sp³-hybridized carbons (Fsp3) is 0.357. The van der Waals surface area contributed by atoms with Gasteiger partial charge in [0.05, 0.1) is 12.3 Å². The van der Waals surface area contributed by atoms with Crippen molar-refractivity contribution in [3.63, 3.8) is 0 Å². The predicted molar refractivity (Wildman–Crippen MR) is 80.2 cm³/mol. The number of aromatic amines is 1. The number of rotatable bonds is 4. The highest BCUT2D eigenvalue weighted by Gasteiger charge is 2.12. The summed E-state index contributed by atoms with van der Waals surface area (Å²) >= 11 is 6.90. The topological polar surface area (TPSA) is 25.0 Å². The van der Waals surface area contributed by atoms with E-state index in [1.54, 1.807) is 11.3 Å². The Morgan fingerprint density at radius 3 is 2.78 bits per heavy atom. The lowest BCUT2D eigenvalue weighted by molar-refractivity contribution is 0.341. The van der Waals surface area contributed by atoms with Gasteiger partial charge in [0, 0.05) is 10.4 Å². The van der Waals surface area contributed by atoms with Crippen molar-refractivity contribution in [2.24, 2.45) is 0 Å². The van der Waals surface area contributed by atoms with Gasteiger partial charge in [-0.15, -0.1) is 11.3 Å². The fourth-order valence-corrected chi connectivity index (χ4v) is 3.14. The monoisotopic (exact) mass is 279 g/mol. The molecule has 0 aliphatic heterocycles. The molecule has 1 heterocycles. The first kappa shape index (κ1) is 13.3. The van der Waals surface area contributed by atoms with Crippen LogP contribution < -0.4 is 4.74 Å². The van der Waals surface area contributed by atoms with Crippen molar-refractivity contribution in [2.75, 3.05) is 6.61 Å². The number of nitrogens with one attached hydrogen (secondary N) is 1. The van der Waals surface area contributed by atoms with Gasteiger partial charge in [0.25, 0.3) is 0 Å². The van der Waals surface area contributed by atoms with Gasteiger partial charge in [-0.25, -0.2) is 0 Å². The Labute approximate surface area is 117 Å². The van der Waals surface area contributed by atoms with Crippen molar-refractivity contribution in [3.8, 4) is 17.0 Å². The third-order valence-electron chi connectivity index (χ3n) is 2.75. The molecule has 1 aromatic carbocycles.